The van der Waals surface area contributed by atoms with E-state index in [2.05, 4.69) is 39.1 Å². The molecule has 0 unspecified atom stereocenters. The van der Waals surface area contributed by atoms with Crippen molar-refractivity contribution in [2.75, 3.05) is 0 Å². The van der Waals surface area contributed by atoms with Crippen LogP contribution >= 0.6 is 15.9 Å². The molecule has 0 bridgehead atoms. The van der Waals surface area contributed by atoms with E-state index in [0.717, 1.165) is 35.7 Å². The topological polar surface area (TPSA) is 39.6 Å². The summed E-state index contributed by atoms with van der Waals surface area (Å²) in [5.74, 6) is 0. The maximum atomic E-state index is 9.53. The Morgan fingerprint density at radius 3 is 2.76 bits per heavy atom. The maximum absolute atomic E-state index is 9.53. The van der Waals surface area contributed by atoms with Crippen molar-refractivity contribution in [3.8, 4) is 6.07 Å². The standard InChI is InChI=1S/C14H13BrN2/c15-10-3-4-11-12(8-17-13(11)7-10)14(9-16)5-1-2-6-14/h3-4,7-8,17H,1-2,5-6H2. The minimum absolute atomic E-state index is 0.258. The van der Waals surface area contributed by atoms with Crippen molar-refractivity contribution in [2.24, 2.45) is 0 Å². The van der Waals surface area contributed by atoms with Gasteiger partial charge in [0.1, 0.15) is 0 Å². The van der Waals surface area contributed by atoms with Crippen LogP contribution in [-0.4, -0.2) is 4.98 Å². The number of benzene rings is 1. The number of fused-ring (bicyclic) bond motifs is 1. The lowest BCUT2D eigenvalue weighted by Gasteiger charge is -2.19. The zero-order valence-electron chi connectivity index (χ0n) is 9.46. The average molecular weight is 289 g/mol. The molecule has 1 aromatic heterocycles. The Balaban J connectivity index is 2.21. The zero-order chi connectivity index (χ0) is 11.9. The van der Waals surface area contributed by atoms with Crippen molar-refractivity contribution in [3.05, 3.63) is 34.4 Å². The molecule has 1 saturated carbocycles. The van der Waals surface area contributed by atoms with Crippen LogP contribution in [0.4, 0.5) is 0 Å². The molecule has 0 saturated heterocycles. The summed E-state index contributed by atoms with van der Waals surface area (Å²) in [6.07, 6.45) is 6.33. The SMILES string of the molecule is N#CC1(c2c[nH]c3cc(Br)ccc23)CCCC1. The normalized spacial score (nSPS) is 18.4. The van der Waals surface area contributed by atoms with Crippen LogP contribution < -0.4 is 0 Å². The first-order valence-electron chi connectivity index (χ1n) is 5.94. The van der Waals surface area contributed by atoms with Crippen molar-refractivity contribution >= 4 is 26.8 Å². The molecule has 1 fully saturated rings. The van der Waals surface area contributed by atoms with Crippen LogP contribution in [0.2, 0.25) is 0 Å². The van der Waals surface area contributed by atoms with E-state index in [0.29, 0.717) is 0 Å². The van der Waals surface area contributed by atoms with Crippen molar-refractivity contribution in [1.82, 2.24) is 4.98 Å². The number of nitriles is 1. The summed E-state index contributed by atoms with van der Waals surface area (Å²) < 4.78 is 1.07. The minimum Gasteiger partial charge on any atom is -0.361 e. The fraction of sp³-hybridized carbons (Fsp3) is 0.357. The number of nitrogens with one attached hydrogen (secondary N) is 1. The van der Waals surface area contributed by atoms with E-state index >= 15 is 0 Å². The first-order valence-corrected chi connectivity index (χ1v) is 6.73. The third kappa shape index (κ3) is 1.59. The molecule has 0 spiro atoms. The summed E-state index contributed by atoms with van der Waals surface area (Å²) in [5, 5.41) is 10.7. The van der Waals surface area contributed by atoms with Crippen LogP contribution in [0.25, 0.3) is 10.9 Å². The van der Waals surface area contributed by atoms with Gasteiger partial charge in [0.25, 0.3) is 0 Å². The highest BCUT2D eigenvalue weighted by atomic mass is 79.9. The van der Waals surface area contributed by atoms with Crippen LogP contribution in [0, 0.1) is 11.3 Å². The molecule has 1 aromatic carbocycles. The van der Waals surface area contributed by atoms with Gasteiger partial charge >= 0.3 is 0 Å². The van der Waals surface area contributed by atoms with Gasteiger partial charge in [0, 0.05) is 21.6 Å². The molecule has 2 aromatic rings. The molecule has 1 heterocycles. The smallest absolute Gasteiger partial charge is 0.0842 e. The summed E-state index contributed by atoms with van der Waals surface area (Å²) in [6, 6.07) is 8.76. The van der Waals surface area contributed by atoms with Gasteiger partial charge in [0.15, 0.2) is 0 Å². The number of hydrogen-bond donors (Lipinski definition) is 1. The van der Waals surface area contributed by atoms with E-state index in [9.17, 15) is 5.26 Å². The van der Waals surface area contributed by atoms with Crippen molar-refractivity contribution in [3.63, 3.8) is 0 Å². The van der Waals surface area contributed by atoms with Crippen molar-refractivity contribution in [1.29, 1.82) is 5.26 Å². The molecule has 0 radical (unpaired) electrons. The molecule has 1 aliphatic carbocycles. The number of H-pyrrole nitrogens is 1. The molecular formula is C14H13BrN2. The van der Waals surface area contributed by atoms with Crippen LogP contribution in [0.5, 0.6) is 0 Å². The average Bonchev–Trinajstić information content (AvgIpc) is 2.94. The molecule has 3 heteroatoms. The first-order chi connectivity index (χ1) is 8.25. The van der Waals surface area contributed by atoms with Crippen LogP contribution in [0.1, 0.15) is 31.2 Å². The van der Waals surface area contributed by atoms with Gasteiger partial charge in [-0.2, -0.15) is 5.26 Å². The van der Waals surface area contributed by atoms with Gasteiger partial charge in [0.2, 0.25) is 0 Å². The molecular weight excluding hydrogens is 276 g/mol. The van der Waals surface area contributed by atoms with Gasteiger partial charge in [-0.15, -0.1) is 0 Å². The fourth-order valence-corrected chi connectivity index (χ4v) is 3.28. The Labute approximate surface area is 109 Å². The van der Waals surface area contributed by atoms with Crippen molar-refractivity contribution < 1.29 is 0 Å². The highest BCUT2D eigenvalue weighted by molar-refractivity contribution is 9.10. The second kappa shape index (κ2) is 3.89. The van der Waals surface area contributed by atoms with Gasteiger partial charge in [0.05, 0.1) is 11.5 Å². The number of halogens is 1. The number of aromatic nitrogens is 1. The van der Waals surface area contributed by atoms with E-state index in [4.69, 9.17) is 0 Å². The third-order valence-electron chi connectivity index (χ3n) is 3.83. The molecule has 1 N–H and O–H groups in total. The molecule has 0 amide bonds. The molecule has 1 aliphatic rings. The third-order valence-corrected chi connectivity index (χ3v) is 4.32. The van der Waals surface area contributed by atoms with E-state index < -0.39 is 0 Å². The van der Waals surface area contributed by atoms with Gasteiger partial charge in [-0.05, 0) is 30.5 Å². The Kier molecular flexibility index (Phi) is 2.48. The Hall–Kier alpha value is -1.27. The molecule has 0 atom stereocenters. The summed E-state index contributed by atoms with van der Waals surface area (Å²) in [4.78, 5) is 3.28. The predicted molar refractivity (Wildman–Crippen MR) is 71.8 cm³/mol. The number of nitrogens with zero attached hydrogens (tertiary/aromatic N) is 1. The zero-order valence-corrected chi connectivity index (χ0v) is 11.0. The Bertz CT molecular complexity index is 600. The van der Waals surface area contributed by atoms with Gasteiger partial charge in [-0.25, -0.2) is 0 Å². The van der Waals surface area contributed by atoms with Crippen LogP contribution in [-0.2, 0) is 5.41 Å². The van der Waals surface area contributed by atoms with Gasteiger partial charge in [-0.1, -0.05) is 34.8 Å². The number of aromatic amines is 1. The first kappa shape index (κ1) is 10.9. The Morgan fingerprint density at radius 2 is 2.06 bits per heavy atom. The fourth-order valence-electron chi connectivity index (χ4n) is 2.91. The van der Waals surface area contributed by atoms with Crippen molar-refractivity contribution in [2.45, 2.75) is 31.1 Å². The lowest BCUT2D eigenvalue weighted by molar-refractivity contribution is 0.578. The molecule has 86 valence electrons. The predicted octanol–water partition coefficient (Wildman–Crippen LogP) is 4.27. The quantitative estimate of drug-likeness (QED) is 0.836. The summed E-state index contributed by atoms with van der Waals surface area (Å²) in [6.45, 7) is 0. The number of rotatable bonds is 1. The van der Waals surface area contributed by atoms with Crippen LogP contribution in [0.3, 0.4) is 0 Å². The van der Waals surface area contributed by atoms with Crippen LogP contribution in [0.15, 0.2) is 28.9 Å². The van der Waals surface area contributed by atoms with E-state index in [1.807, 2.05) is 12.3 Å². The summed E-state index contributed by atoms with van der Waals surface area (Å²) in [7, 11) is 0. The monoisotopic (exact) mass is 288 g/mol. The minimum atomic E-state index is -0.258. The van der Waals surface area contributed by atoms with E-state index in [1.165, 1.54) is 10.9 Å². The van der Waals surface area contributed by atoms with E-state index in [1.54, 1.807) is 0 Å². The lowest BCUT2D eigenvalue weighted by atomic mass is 9.80. The van der Waals surface area contributed by atoms with E-state index in [-0.39, 0.29) is 5.41 Å². The largest absolute Gasteiger partial charge is 0.361 e. The van der Waals surface area contributed by atoms with Gasteiger partial charge in [-0.3, -0.25) is 0 Å². The molecule has 17 heavy (non-hydrogen) atoms. The molecule has 0 aliphatic heterocycles. The lowest BCUT2D eigenvalue weighted by Crippen LogP contribution is -2.18. The second-order valence-electron chi connectivity index (χ2n) is 4.79. The summed E-state index contributed by atoms with van der Waals surface area (Å²) >= 11 is 3.47. The van der Waals surface area contributed by atoms with Gasteiger partial charge < -0.3 is 4.98 Å². The number of hydrogen-bond acceptors (Lipinski definition) is 1. The summed E-state index contributed by atoms with van der Waals surface area (Å²) in [5.41, 5.74) is 2.03. The highest BCUT2D eigenvalue weighted by Crippen LogP contribution is 2.43. The second-order valence-corrected chi connectivity index (χ2v) is 5.71. The highest BCUT2D eigenvalue weighted by Gasteiger charge is 2.37. The molecule has 2 nitrogen and oxygen atoms in total. The Morgan fingerprint density at radius 1 is 1.29 bits per heavy atom. The maximum Gasteiger partial charge on any atom is 0.0842 e. The molecule has 3 rings (SSSR count).